The normalized spacial score (nSPS) is 13.5. The molecule has 0 saturated heterocycles. The molecule has 0 bridgehead atoms. The first kappa shape index (κ1) is 12.7. The van der Waals surface area contributed by atoms with Crippen LogP contribution >= 0.6 is 0 Å². The first-order valence-corrected chi connectivity index (χ1v) is 5.12. The summed E-state index contributed by atoms with van der Waals surface area (Å²) in [6, 6.07) is 6.83. The summed E-state index contributed by atoms with van der Waals surface area (Å²) in [5.41, 5.74) is 5.89. The van der Waals surface area contributed by atoms with Crippen molar-refractivity contribution in [3.05, 3.63) is 35.4 Å². The van der Waals surface area contributed by atoms with E-state index < -0.39 is 17.5 Å². The van der Waals surface area contributed by atoms with Gasteiger partial charge in [0.05, 0.1) is 11.5 Å². The number of aliphatic carboxylic acids is 1. The van der Waals surface area contributed by atoms with Gasteiger partial charge in [0, 0.05) is 6.54 Å². The van der Waals surface area contributed by atoms with Gasteiger partial charge in [-0.15, -0.1) is 0 Å². The van der Waals surface area contributed by atoms with Gasteiger partial charge in [0.2, 0.25) is 0 Å². The minimum atomic E-state index is -0.932. The Balaban J connectivity index is 2.98. The number of carboxylic acid groups (broad SMARTS) is 1. The Morgan fingerprint density at radius 1 is 1.38 bits per heavy atom. The summed E-state index contributed by atoms with van der Waals surface area (Å²) in [5, 5.41) is 18.7. The number of carbonyl (C=O) groups is 1. The summed E-state index contributed by atoms with van der Waals surface area (Å²) in [6.07, 6.45) is 0. The summed E-state index contributed by atoms with van der Waals surface area (Å²) < 4.78 is 0. The summed E-state index contributed by atoms with van der Waals surface area (Å²) >= 11 is 0. The van der Waals surface area contributed by atoms with Crippen LogP contribution in [0.5, 0.6) is 0 Å². The number of rotatable bonds is 4. The zero-order valence-electron chi connectivity index (χ0n) is 9.47. The first-order chi connectivity index (χ1) is 7.36. The maximum atomic E-state index is 10.9. The van der Waals surface area contributed by atoms with Crippen LogP contribution in [-0.2, 0) is 10.4 Å². The van der Waals surface area contributed by atoms with E-state index >= 15 is 0 Å². The van der Waals surface area contributed by atoms with Gasteiger partial charge in [-0.1, -0.05) is 24.3 Å². The van der Waals surface area contributed by atoms with Gasteiger partial charge in [-0.25, -0.2) is 0 Å². The molecule has 0 aliphatic rings. The van der Waals surface area contributed by atoms with E-state index in [0.29, 0.717) is 5.56 Å². The van der Waals surface area contributed by atoms with Gasteiger partial charge in [0.1, 0.15) is 0 Å². The minimum absolute atomic E-state index is 0.0667. The van der Waals surface area contributed by atoms with Crippen molar-refractivity contribution in [1.29, 1.82) is 0 Å². The van der Waals surface area contributed by atoms with E-state index in [2.05, 4.69) is 0 Å². The van der Waals surface area contributed by atoms with Crippen molar-refractivity contribution in [2.24, 2.45) is 5.73 Å². The summed E-state index contributed by atoms with van der Waals surface area (Å²) in [4.78, 5) is 10.9. The molecule has 1 aromatic rings. The summed E-state index contributed by atoms with van der Waals surface area (Å²) in [7, 11) is 0. The molecular formula is C12H17NO3. The van der Waals surface area contributed by atoms with Gasteiger partial charge in [0.15, 0.2) is 0 Å². The zero-order chi connectivity index (χ0) is 12.3. The maximum Gasteiger partial charge on any atom is 0.312 e. The van der Waals surface area contributed by atoms with Crippen molar-refractivity contribution in [3.8, 4) is 0 Å². The number of benzene rings is 1. The predicted molar refractivity (Wildman–Crippen MR) is 61.1 cm³/mol. The Bertz CT molecular complexity index is 365. The third-order valence-corrected chi connectivity index (χ3v) is 2.55. The molecule has 16 heavy (non-hydrogen) atoms. The van der Waals surface area contributed by atoms with E-state index in [1.165, 1.54) is 0 Å². The van der Waals surface area contributed by atoms with Gasteiger partial charge in [-0.3, -0.25) is 4.79 Å². The Kier molecular flexibility index (Phi) is 3.67. The summed E-state index contributed by atoms with van der Waals surface area (Å²) in [5.74, 6) is -1.62. The van der Waals surface area contributed by atoms with Crippen LogP contribution in [0.1, 0.15) is 30.9 Å². The van der Waals surface area contributed by atoms with Gasteiger partial charge < -0.3 is 15.9 Å². The second kappa shape index (κ2) is 4.63. The number of carboxylic acids is 1. The average molecular weight is 223 g/mol. The largest absolute Gasteiger partial charge is 0.481 e. The number of aliphatic hydroxyl groups is 1. The number of hydrogen-bond acceptors (Lipinski definition) is 3. The molecule has 0 radical (unpaired) electrons. The highest BCUT2D eigenvalue weighted by molar-refractivity contribution is 5.76. The van der Waals surface area contributed by atoms with Gasteiger partial charge >= 0.3 is 5.97 Å². The average Bonchev–Trinajstić information content (AvgIpc) is 2.17. The van der Waals surface area contributed by atoms with Crippen molar-refractivity contribution >= 4 is 5.97 Å². The van der Waals surface area contributed by atoms with Crippen LogP contribution in [0.25, 0.3) is 0 Å². The highest BCUT2D eigenvalue weighted by Gasteiger charge is 2.20. The molecule has 1 unspecified atom stereocenters. The Morgan fingerprint density at radius 3 is 2.19 bits per heavy atom. The second-order valence-electron chi connectivity index (χ2n) is 4.31. The van der Waals surface area contributed by atoms with Crippen LogP contribution in [0, 0.1) is 0 Å². The molecule has 4 N–H and O–H groups in total. The van der Waals surface area contributed by atoms with Crippen LogP contribution < -0.4 is 5.73 Å². The molecule has 0 fully saturated rings. The van der Waals surface area contributed by atoms with E-state index in [0.717, 1.165) is 5.56 Å². The van der Waals surface area contributed by atoms with Crippen molar-refractivity contribution in [3.63, 3.8) is 0 Å². The smallest absolute Gasteiger partial charge is 0.312 e. The van der Waals surface area contributed by atoms with E-state index in [-0.39, 0.29) is 6.54 Å². The fraction of sp³-hybridized carbons (Fsp3) is 0.417. The minimum Gasteiger partial charge on any atom is -0.481 e. The standard InChI is InChI=1S/C12H17NO3/c1-12(2,16)9-5-3-8(4-6-9)10(7-13)11(14)15/h3-6,10,16H,7,13H2,1-2H3,(H,14,15). The molecule has 0 aromatic heterocycles. The highest BCUT2D eigenvalue weighted by Crippen LogP contribution is 2.22. The third-order valence-electron chi connectivity index (χ3n) is 2.55. The number of hydrogen-bond donors (Lipinski definition) is 3. The second-order valence-corrected chi connectivity index (χ2v) is 4.31. The van der Waals surface area contributed by atoms with E-state index in [4.69, 9.17) is 10.8 Å². The van der Waals surface area contributed by atoms with Crippen LogP contribution in [-0.4, -0.2) is 22.7 Å². The fourth-order valence-electron chi connectivity index (χ4n) is 1.50. The molecule has 0 amide bonds. The van der Waals surface area contributed by atoms with Crippen LogP contribution in [0.2, 0.25) is 0 Å². The van der Waals surface area contributed by atoms with Gasteiger partial charge in [-0.2, -0.15) is 0 Å². The SMILES string of the molecule is CC(C)(O)c1ccc(C(CN)C(=O)O)cc1. The lowest BCUT2D eigenvalue weighted by atomic mass is 9.93. The molecule has 0 heterocycles. The quantitative estimate of drug-likeness (QED) is 0.712. The topological polar surface area (TPSA) is 83.5 Å². The van der Waals surface area contributed by atoms with Crippen LogP contribution in [0.3, 0.4) is 0 Å². The predicted octanol–water partition coefficient (Wildman–Crippen LogP) is 1.04. The molecule has 0 spiro atoms. The lowest BCUT2D eigenvalue weighted by Crippen LogP contribution is -2.21. The van der Waals surface area contributed by atoms with Gasteiger partial charge in [0.25, 0.3) is 0 Å². The van der Waals surface area contributed by atoms with Crippen molar-refractivity contribution in [2.45, 2.75) is 25.4 Å². The molecule has 0 aliphatic heterocycles. The molecule has 1 rings (SSSR count). The van der Waals surface area contributed by atoms with Gasteiger partial charge in [-0.05, 0) is 25.0 Å². The molecule has 0 saturated carbocycles. The molecule has 1 aromatic carbocycles. The summed E-state index contributed by atoms with van der Waals surface area (Å²) in [6.45, 7) is 3.43. The van der Waals surface area contributed by atoms with Crippen LogP contribution in [0.15, 0.2) is 24.3 Å². The van der Waals surface area contributed by atoms with E-state index in [9.17, 15) is 9.90 Å². The Hall–Kier alpha value is -1.39. The van der Waals surface area contributed by atoms with Crippen molar-refractivity contribution < 1.29 is 15.0 Å². The lowest BCUT2D eigenvalue weighted by Gasteiger charge is -2.18. The van der Waals surface area contributed by atoms with Crippen molar-refractivity contribution in [2.75, 3.05) is 6.54 Å². The number of nitrogens with two attached hydrogens (primary N) is 1. The van der Waals surface area contributed by atoms with Crippen LogP contribution in [0.4, 0.5) is 0 Å². The highest BCUT2D eigenvalue weighted by atomic mass is 16.4. The van der Waals surface area contributed by atoms with Crippen molar-refractivity contribution in [1.82, 2.24) is 0 Å². The molecular weight excluding hydrogens is 206 g/mol. The third kappa shape index (κ3) is 2.81. The zero-order valence-corrected chi connectivity index (χ0v) is 9.47. The van der Waals surface area contributed by atoms with E-state index in [1.54, 1.807) is 38.1 Å². The molecule has 1 atom stereocenters. The monoisotopic (exact) mass is 223 g/mol. The molecule has 4 heteroatoms. The molecule has 4 nitrogen and oxygen atoms in total. The molecule has 88 valence electrons. The fourth-order valence-corrected chi connectivity index (χ4v) is 1.50. The maximum absolute atomic E-state index is 10.9. The Morgan fingerprint density at radius 2 is 1.88 bits per heavy atom. The lowest BCUT2D eigenvalue weighted by molar-refractivity contribution is -0.138. The Labute approximate surface area is 94.7 Å². The first-order valence-electron chi connectivity index (χ1n) is 5.12. The van der Waals surface area contributed by atoms with E-state index in [1.807, 2.05) is 0 Å². The molecule has 0 aliphatic carbocycles.